The number of aromatic nitrogens is 2. The summed E-state index contributed by atoms with van der Waals surface area (Å²) in [5.74, 6) is -0.864. The van der Waals surface area contributed by atoms with E-state index in [1.54, 1.807) is 12.1 Å². The van der Waals surface area contributed by atoms with Crippen LogP contribution in [-0.2, 0) is 16.1 Å². The number of rotatable bonds is 7. The number of benzene rings is 1. The Bertz CT molecular complexity index is 986. The van der Waals surface area contributed by atoms with Gasteiger partial charge in [0.15, 0.2) is 6.61 Å². The van der Waals surface area contributed by atoms with E-state index in [4.69, 9.17) is 4.74 Å². The molecule has 0 saturated carbocycles. The number of amides is 1. The van der Waals surface area contributed by atoms with Crippen molar-refractivity contribution >= 4 is 33.4 Å². The lowest BCUT2D eigenvalue weighted by molar-refractivity contribution is -0.124. The molecule has 0 saturated heterocycles. The molecule has 0 fully saturated rings. The number of nitrogens with one attached hydrogen (secondary N) is 1. The van der Waals surface area contributed by atoms with Crippen molar-refractivity contribution in [3.8, 4) is 0 Å². The van der Waals surface area contributed by atoms with Crippen molar-refractivity contribution in [1.29, 1.82) is 0 Å². The highest BCUT2D eigenvalue weighted by Gasteiger charge is 2.18. The van der Waals surface area contributed by atoms with Crippen molar-refractivity contribution in [3.63, 3.8) is 0 Å². The van der Waals surface area contributed by atoms with Crippen molar-refractivity contribution in [2.45, 2.75) is 20.4 Å². The quantitative estimate of drug-likeness (QED) is 0.502. The van der Waals surface area contributed by atoms with E-state index in [2.05, 4.69) is 48.2 Å². The molecule has 7 heteroatoms. The fraction of sp³-hybridized carbons (Fsp3) is 0.250. The SMILES string of the molecule is C=CCNC(=O)COC(=O)c1cc2c(C)nn(Cc3ccc(C)cc3)c2s1. The van der Waals surface area contributed by atoms with Crippen LogP contribution in [0.1, 0.15) is 26.5 Å². The summed E-state index contributed by atoms with van der Waals surface area (Å²) in [6.07, 6.45) is 1.56. The van der Waals surface area contributed by atoms with Gasteiger partial charge < -0.3 is 10.1 Å². The van der Waals surface area contributed by atoms with E-state index in [1.165, 1.54) is 16.9 Å². The molecule has 0 aliphatic rings. The first-order valence-electron chi connectivity index (χ1n) is 8.55. The van der Waals surface area contributed by atoms with Gasteiger partial charge in [0.25, 0.3) is 5.91 Å². The number of aryl methyl sites for hydroxylation is 2. The molecule has 0 aliphatic heterocycles. The van der Waals surface area contributed by atoms with Crippen molar-refractivity contribution in [2.75, 3.05) is 13.2 Å². The molecule has 0 bridgehead atoms. The van der Waals surface area contributed by atoms with Crippen LogP contribution in [0.5, 0.6) is 0 Å². The van der Waals surface area contributed by atoms with E-state index >= 15 is 0 Å². The minimum absolute atomic E-state index is 0.310. The first kappa shape index (κ1) is 18.8. The van der Waals surface area contributed by atoms with Crippen LogP contribution in [0.25, 0.3) is 10.2 Å². The van der Waals surface area contributed by atoms with Crippen LogP contribution in [0, 0.1) is 13.8 Å². The van der Waals surface area contributed by atoms with Gasteiger partial charge in [-0.2, -0.15) is 5.10 Å². The standard InChI is InChI=1S/C20H21N3O3S/c1-4-9-21-18(24)12-26-20(25)17-10-16-14(3)22-23(19(16)27-17)11-15-7-5-13(2)6-8-15/h4-8,10H,1,9,11-12H2,2-3H3,(H,21,24). The average Bonchev–Trinajstić information content (AvgIpc) is 3.21. The van der Waals surface area contributed by atoms with Gasteiger partial charge in [-0.1, -0.05) is 35.9 Å². The fourth-order valence-electron chi connectivity index (χ4n) is 2.63. The van der Waals surface area contributed by atoms with Crippen LogP contribution in [0.4, 0.5) is 0 Å². The molecule has 3 aromatic rings. The Morgan fingerprint density at radius 1 is 1.30 bits per heavy atom. The average molecular weight is 383 g/mol. The van der Waals surface area contributed by atoms with Gasteiger partial charge in [-0.25, -0.2) is 4.79 Å². The molecule has 2 heterocycles. The molecule has 3 rings (SSSR count). The summed E-state index contributed by atoms with van der Waals surface area (Å²) in [5, 5.41) is 8.07. The van der Waals surface area contributed by atoms with Gasteiger partial charge >= 0.3 is 5.97 Å². The highest BCUT2D eigenvalue weighted by atomic mass is 32.1. The molecule has 6 nitrogen and oxygen atoms in total. The number of hydrogen-bond donors (Lipinski definition) is 1. The second kappa shape index (κ2) is 8.18. The minimum Gasteiger partial charge on any atom is -0.451 e. The lowest BCUT2D eigenvalue weighted by Crippen LogP contribution is -2.28. The lowest BCUT2D eigenvalue weighted by Gasteiger charge is -2.04. The molecule has 0 aliphatic carbocycles. The van der Waals surface area contributed by atoms with E-state index in [0.717, 1.165) is 21.5 Å². The van der Waals surface area contributed by atoms with Crippen LogP contribution < -0.4 is 5.32 Å². The summed E-state index contributed by atoms with van der Waals surface area (Å²) in [5.41, 5.74) is 3.20. The van der Waals surface area contributed by atoms with Crippen LogP contribution in [-0.4, -0.2) is 34.8 Å². The molecular weight excluding hydrogens is 362 g/mol. The van der Waals surface area contributed by atoms with Gasteiger partial charge in [-0.05, 0) is 25.5 Å². The Balaban J connectivity index is 1.74. The van der Waals surface area contributed by atoms with Gasteiger partial charge in [0, 0.05) is 11.9 Å². The first-order valence-corrected chi connectivity index (χ1v) is 9.37. The highest BCUT2D eigenvalue weighted by Crippen LogP contribution is 2.29. The van der Waals surface area contributed by atoms with Gasteiger partial charge in [-0.15, -0.1) is 17.9 Å². The van der Waals surface area contributed by atoms with Gasteiger partial charge in [0.1, 0.15) is 9.71 Å². The number of esters is 1. The number of carbonyl (C=O) groups is 2. The number of thiophene rings is 1. The maximum atomic E-state index is 12.3. The zero-order valence-electron chi connectivity index (χ0n) is 15.3. The summed E-state index contributed by atoms with van der Waals surface area (Å²) in [7, 11) is 0. The van der Waals surface area contributed by atoms with E-state index in [-0.39, 0.29) is 12.5 Å². The number of hydrogen-bond acceptors (Lipinski definition) is 5. The van der Waals surface area contributed by atoms with Gasteiger partial charge in [0.2, 0.25) is 0 Å². The number of nitrogens with zero attached hydrogens (tertiary/aromatic N) is 2. The van der Waals surface area contributed by atoms with Crippen LogP contribution in [0.3, 0.4) is 0 Å². The molecule has 0 radical (unpaired) electrons. The van der Waals surface area contributed by atoms with E-state index in [0.29, 0.717) is 18.0 Å². The smallest absolute Gasteiger partial charge is 0.348 e. The van der Waals surface area contributed by atoms with Crippen molar-refractivity contribution in [1.82, 2.24) is 15.1 Å². The van der Waals surface area contributed by atoms with Crippen molar-refractivity contribution < 1.29 is 14.3 Å². The fourth-order valence-corrected chi connectivity index (χ4v) is 3.68. The summed E-state index contributed by atoms with van der Waals surface area (Å²) < 4.78 is 6.99. The molecule has 0 unspecified atom stereocenters. The zero-order chi connectivity index (χ0) is 19.4. The van der Waals surface area contributed by atoms with Crippen LogP contribution >= 0.6 is 11.3 Å². The maximum Gasteiger partial charge on any atom is 0.348 e. The Morgan fingerprint density at radius 2 is 2.04 bits per heavy atom. The largest absolute Gasteiger partial charge is 0.451 e. The Morgan fingerprint density at radius 3 is 2.74 bits per heavy atom. The van der Waals surface area contributed by atoms with E-state index in [9.17, 15) is 9.59 Å². The summed E-state index contributed by atoms with van der Waals surface area (Å²) in [6.45, 7) is 8.14. The molecule has 140 valence electrons. The predicted molar refractivity (Wildman–Crippen MR) is 106 cm³/mol. The Hall–Kier alpha value is -2.93. The molecule has 1 aromatic carbocycles. The summed E-state index contributed by atoms with van der Waals surface area (Å²) >= 11 is 1.32. The Labute approximate surface area is 161 Å². The second-order valence-electron chi connectivity index (χ2n) is 6.23. The molecule has 1 N–H and O–H groups in total. The van der Waals surface area contributed by atoms with Gasteiger partial charge in [0.05, 0.1) is 12.2 Å². The second-order valence-corrected chi connectivity index (χ2v) is 7.26. The maximum absolute atomic E-state index is 12.3. The first-order chi connectivity index (χ1) is 13.0. The molecule has 0 atom stereocenters. The molecule has 1 amide bonds. The minimum atomic E-state index is -0.508. The summed E-state index contributed by atoms with van der Waals surface area (Å²) in [4.78, 5) is 25.2. The normalized spacial score (nSPS) is 10.7. The third kappa shape index (κ3) is 4.43. The third-order valence-electron chi connectivity index (χ3n) is 4.04. The van der Waals surface area contributed by atoms with E-state index in [1.807, 2.05) is 11.6 Å². The van der Waals surface area contributed by atoms with Gasteiger partial charge in [-0.3, -0.25) is 9.48 Å². The molecular formula is C20H21N3O3S. The Kier molecular flexibility index (Phi) is 5.71. The van der Waals surface area contributed by atoms with Crippen molar-refractivity contribution in [3.05, 3.63) is 64.7 Å². The number of ether oxygens (including phenoxy) is 1. The van der Waals surface area contributed by atoms with E-state index < -0.39 is 5.97 Å². The number of carbonyl (C=O) groups excluding carboxylic acids is 2. The monoisotopic (exact) mass is 383 g/mol. The topological polar surface area (TPSA) is 73.2 Å². The zero-order valence-corrected chi connectivity index (χ0v) is 16.1. The molecule has 0 spiro atoms. The van der Waals surface area contributed by atoms with Crippen molar-refractivity contribution in [2.24, 2.45) is 0 Å². The summed E-state index contributed by atoms with van der Waals surface area (Å²) in [6, 6.07) is 10.1. The van der Waals surface area contributed by atoms with Crippen LogP contribution in [0.2, 0.25) is 0 Å². The lowest BCUT2D eigenvalue weighted by atomic mass is 10.1. The predicted octanol–water partition coefficient (Wildman–Crippen LogP) is 3.22. The molecule has 27 heavy (non-hydrogen) atoms. The van der Waals surface area contributed by atoms with Crippen LogP contribution in [0.15, 0.2) is 43.0 Å². The number of fused-ring (bicyclic) bond motifs is 1. The highest BCUT2D eigenvalue weighted by molar-refractivity contribution is 7.20. The molecule has 2 aromatic heterocycles. The third-order valence-corrected chi connectivity index (χ3v) is 5.17.